The predicted molar refractivity (Wildman–Crippen MR) is 78.4 cm³/mol. The Morgan fingerprint density at radius 3 is 2.58 bits per heavy atom. The average molecular weight is 267 g/mol. The molecule has 0 atom stereocenters. The van der Waals surface area contributed by atoms with Crippen molar-refractivity contribution in [3.05, 3.63) is 60.0 Å². The third-order valence-corrected chi connectivity index (χ3v) is 3.57. The van der Waals surface area contributed by atoms with Gasteiger partial charge in [0.2, 0.25) is 0 Å². The summed E-state index contributed by atoms with van der Waals surface area (Å²) >= 11 is 1.55. The smallest absolute Gasteiger partial charge is 0.187 e. The van der Waals surface area contributed by atoms with Gasteiger partial charge in [0, 0.05) is 30.4 Å². The zero-order chi connectivity index (χ0) is 13.1. The largest absolute Gasteiger partial charge is 0.256 e. The van der Waals surface area contributed by atoms with Gasteiger partial charge in [-0.25, -0.2) is 9.97 Å². The first-order valence-corrected chi connectivity index (χ1v) is 7.27. The normalized spacial score (nSPS) is 10.8. The lowest BCUT2D eigenvalue weighted by molar-refractivity contribution is 0.937. The molecule has 0 aliphatic rings. The van der Waals surface area contributed by atoms with Gasteiger partial charge in [0.1, 0.15) is 0 Å². The van der Waals surface area contributed by atoms with Gasteiger partial charge in [-0.05, 0) is 29.5 Å². The molecular weight excluding hydrogens is 254 g/mol. The molecule has 2 heterocycles. The first kappa shape index (κ1) is 12.1. The molecule has 0 aliphatic carbocycles. The van der Waals surface area contributed by atoms with Crippen LogP contribution >= 0.6 is 11.8 Å². The van der Waals surface area contributed by atoms with E-state index in [2.05, 4.69) is 27.1 Å². The standard InChI is InChI=1S/C15H13N3S/c1-19-15-17-9-11(10-18-15)8-12-6-7-16-14-5-3-2-4-13(12)14/h2-7,9-10H,8H2,1H3. The van der Waals surface area contributed by atoms with Crippen molar-refractivity contribution in [1.29, 1.82) is 0 Å². The molecule has 0 saturated heterocycles. The Morgan fingerprint density at radius 2 is 1.79 bits per heavy atom. The molecule has 0 N–H and O–H groups in total. The summed E-state index contributed by atoms with van der Waals surface area (Å²) in [5.41, 5.74) is 3.40. The number of pyridine rings is 1. The van der Waals surface area contributed by atoms with Crippen LogP contribution in [-0.4, -0.2) is 21.2 Å². The highest BCUT2D eigenvalue weighted by Crippen LogP contribution is 2.19. The molecule has 19 heavy (non-hydrogen) atoms. The molecule has 0 fully saturated rings. The summed E-state index contributed by atoms with van der Waals surface area (Å²) in [5.74, 6) is 0. The van der Waals surface area contributed by atoms with Crippen molar-refractivity contribution in [3.8, 4) is 0 Å². The van der Waals surface area contributed by atoms with Crippen molar-refractivity contribution in [2.45, 2.75) is 11.6 Å². The highest BCUT2D eigenvalue weighted by molar-refractivity contribution is 7.98. The van der Waals surface area contributed by atoms with Crippen LogP contribution in [0.1, 0.15) is 11.1 Å². The first-order valence-electron chi connectivity index (χ1n) is 6.04. The number of aromatic nitrogens is 3. The molecule has 0 spiro atoms. The third-order valence-electron chi connectivity index (χ3n) is 3.00. The molecule has 0 aliphatic heterocycles. The van der Waals surface area contributed by atoms with E-state index in [1.807, 2.05) is 43.0 Å². The van der Waals surface area contributed by atoms with Crippen LogP contribution in [0.3, 0.4) is 0 Å². The number of fused-ring (bicyclic) bond motifs is 1. The van der Waals surface area contributed by atoms with Gasteiger partial charge in [-0.15, -0.1) is 0 Å². The molecule has 0 amide bonds. The summed E-state index contributed by atoms with van der Waals surface area (Å²) in [4.78, 5) is 13.0. The van der Waals surface area contributed by atoms with Gasteiger partial charge in [-0.1, -0.05) is 30.0 Å². The monoisotopic (exact) mass is 267 g/mol. The van der Waals surface area contributed by atoms with Crippen LogP contribution < -0.4 is 0 Å². The van der Waals surface area contributed by atoms with Crippen LogP contribution in [0.2, 0.25) is 0 Å². The molecule has 3 aromatic rings. The maximum atomic E-state index is 4.38. The summed E-state index contributed by atoms with van der Waals surface area (Å²) < 4.78 is 0. The van der Waals surface area contributed by atoms with Gasteiger partial charge in [0.05, 0.1) is 5.52 Å². The molecule has 4 heteroatoms. The van der Waals surface area contributed by atoms with Crippen LogP contribution in [-0.2, 0) is 6.42 Å². The van der Waals surface area contributed by atoms with Gasteiger partial charge < -0.3 is 0 Å². The van der Waals surface area contributed by atoms with Crippen molar-refractivity contribution in [3.63, 3.8) is 0 Å². The van der Waals surface area contributed by atoms with Crippen LogP contribution in [0.4, 0.5) is 0 Å². The second-order valence-electron chi connectivity index (χ2n) is 4.24. The second-order valence-corrected chi connectivity index (χ2v) is 5.02. The molecule has 3 rings (SSSR count). The Bertz CT molecular complexity index is 690. The minimum atomic E-state index is 0.809. The van der Waals surface area contributed by atoms with Crippen LogP contribution in [0.25, 0.3) is 10.9 Å². The maximum Gasteiger partial charge on any atom is 0.187 e. The molecule has 0 saturated carbocycles. The number of rotatable bonds is 3. The highest BCUT2D eigenvalue weighted by Gasteiger charge is 2.03. The lowest BCUT2D eigenvalue weighted by Gasteiger charge is -2.05. The fraction of sp³-hybridized carbons (Fsp3) is 0.133. The van der Waals surface area contributed by atoms with E-state index in [1.54, 1.807) is 11.8 Å². The molecule has 2 aromatic heterocycles. The zero-order valence-electron chi connectivity index (χ0n) is 10.6. The molecule has 3 nitrogen and oxygen atoms in total. The Labute approximate surface area is 116 Å². The Kier molecular flexibility index (Phi) is 3.42. The molecular formula is C15H13N3S. The number of hydrogen-bond donors (Lipinski definition) is 0. The quantitative estimate of drug-likeness (QED) is 0.539. The molecule has 94 valence electrons. The lowest BCUT2D eigenvalue weighted by Crippen LogP contribution is -1.94. The summed E-state index contributed by atoms with van der Waals surface area (Å²) in [7, 11) is 0. The minimum Gasteiger partial charge on any atom is -0.256 e. The van der Waals surface area contributed by atoms with Crippen LogP contribution in [0.15, 0.2) is 54.1 Å². The Balaban J connectivity index is 1.96. The number of hydrogen-bond acceptors (Lipinski definition) is 4. The Hall–Kier alpha value is -1.94. The number of nitrogens with zero attached hydrogens (tertiary/aromatic N) is 3. The van der Waals surface area contributed by atoms with Crippen molar-refractivity contribution in [2.24, 2.45) is 0 Å². The lowest BCUT2D eigenvalue weighted by atomic mass is 10.0. The SMILES string of the molecule is CSc1ncc(Cc2ccnc3ccccc23)cn1. The van der Waals surface area contributed by atoms with Crippen molar-refractivity contribution < 1.29 is 0 Å². The van der Waals surface area contributed by atoms with Gasteiger partial charge in [-0.3, -0.25) is 4.98 Å². The predicted octanol–water partition coefficient (Wildman–Crippen LogP) is 3.34. The summed E-state index contributed by atoms with van der Waals surface area (Å²) in [6, 6.07) is 10.3. The average Bonchev–Trinajstić information content (AvgIpc) is 2.48. The van der Waals surface area contributed by atoms with E-state index in [0.29, 0.717) is 0 Å². The number of benzene rings is 1. The van der Waals surface area contributed by atoms with E-state index in [1.165, 1.54) is 10.9 Å². The van der Waals surface area contributed by atoms with Crippen molar-refractivity contribution in [2.75, 3.05) is 6.26 Å². The summed E-state index contributed by atoms with van der Waals surface area (Å²) in [6.45, 7) is 0. The van der Waals surface area contributed by atoms with Crippen molar-refractivity contribution in [1.82, 2.24) is 15.0 Å². The fourth-order valence-electron chi connectivity index (χ4n) is 2.07. The fourth-order valence-corrected chi connectivity index (χ4v) is 2.38. The van der Waals surface area contributed by atoms with E-state index in [-0.39, 0.29) is 0 Å². The molecule has 0 radical (unpaired) electrons. The van der Waals surface area contributed by atoms with E-state index in [9.17, 15) is 0 Å². The van der Waals surface area contributed by atoms with E-state index < -0.39 is 0 Å². The van der Waals surface area contributed by atoms with Crippen molar-refractivity contribution >= 4 is 22.7 Å². The summed E-state index contributed by atoms with van der Waals surface area (Å²) in [6.07, 6.45) is 8.46. The first-order chi connectivity index (χ1) is 9.36. The third kappa shape index (κ3) is 2.58. The van der Waals surface area contributed by atoms with Gasteiger partial charge in [0.15, 0.2) is 5.16 Å². The van der Waals surface area contributed by atoms with Crippen LogP contribution in [0.5, 0.6) is 0 Å². The minimum absolute atomic E-state index is 0.809. The number of para-hydroxylation sites is 1. The van der Waals surface area contributed by atoms with Crippen LogP contribution in [0, 0.1) is 0 Å². The molecule has 0 unspecified atom stereocenters. The van der Waals surface area contributed by atoms with Gasteiger partial charge in [0.25, 0.3) is 0 Å². The van der Waals surface area contributed by atoms with E-state index in [0.717, 1.165) is 22.7 Å². The van der Waals surface area contributed by atoms with Gasteiger partial charge >= 0.3 is 0 Å². The zero-order valence-corrected chi connectivity index (χ0v) is 11.4. The van der Waals surface area contributed by atoms with E-state index in [4.69, 9.17) is 0 Å². The highest BCUT2D eigenvalue weighted by atomic mass is 32.2. The summed E-state index contributed by atoms with van der Waals surface area (Å²) in [5, 5.41) is 2.00. The Morgan fingerprint density at radius 1 is 1.00 bits per heavy atom. The topological polar surface area (TPSA) is 38.7 Å². The molecule has 1 aromatic carbocycles. The molecule has 0 bridgehead atoms. The number of thioether (sulfide) groups is 1. The maximum absolute atomic E-state index is 4.38. The van der Waals surface area contributed by atoms with E-state index >= 15 is 0 Å². The second kappa shape index (κ2) is 5.36. The van der Waals surface area contributed by atoms with Gasteiger partial charge in [-0.2, -0.15) is 0 Å².